The van der Waals surface area contributed by atoms with Gasteiger partial charge in [-0.15, -0.1) is 0 Å². The maximum Gasteiger partial charge on any atom is 0.338 e. The van der Waals surface area contributed by atoms with Crippen LogP contribution < -0.4 is 24.4 Å². The molecule has 0 saturated carbocycles. The minimum atomic E-state index is -0.610. The number of carbonyl (C=O) groups is 1. The van der Waals surface area contributed by atoms with Gasteiger partial charge in [-0.3, -0.25) is 9.36 Å². The first-order chi connectivity index (χ1) is 16.0. The molecule has 0 fully saturated rings. The number of benzene rings is 2. The van der Waals surface area contributed by atoms with Gasteiger partial charge in [0.05, 0.1) is 28.5 Å². The van der Waals surface area contributed by atoms with E-state index in [0.29, 0.717) is 32.1 Å². The third kappa shape index (κ3) is 3.66. The molecule has 0 bridgehead atoms. The van der Waals surface area contributed by atoms with Crippen LogP contribution in [0.1, 0.15) is 36.6 Å². The summed E-state index contributed by atoms with van der Waals surface area (Å²) in [5.74, 6) is 0.889. The third-order valence-electron chi connectivity index (χ3n) is 5.68. The Bertz CT molecular complexity index is 1470. The minimum Gasteiger partial charge on any atom is -0.463 e. The van der Waals surface area contributed by atoms with Gasteiger partial charge in [0.25, 0.3) is 5.56 Å². The largest absolute Gasteiger partial charge is 0.463 e. The van der Waals surface area contributed by atoms with E-state index in [1.807, 2.05) is 55.5 Å². The summed E-state index contributed by atoms with van der Waals surface area (Å²) in [6.45, 7) is 5.93. The number of rotatable bonds is 4. The first-order valence-corrected chi connectivity index (χ1v) is 11.4. The highest BCUT2D eigenvalue weighted by atomic mass is 32.1. The van der Waals surface area contributed by atoms with Crippen LogP contribution in [0.5, 0.6) is 11.5 Å². The van der Waals surface area contributed by atoms with Crippen molar-refractivity contribution in [2.75, 3.05) is 13.4 Å². The van der Waals surface area contributed by atoms with E-state index in [2.05, 4.69) is 4.99 Å². The van der Waals surface area contributed by atoms with Crippen LogP contribution in [-0.2, 0) is 9.53 Å². The number of thiazole rings is 1. The van der Waals surface area contributed by atoms with Gasteiger partial charge in [-0.05, 0) is 55.7 Å². The van der Waals surface area contributed by atoms with Crippen LogP contribution >= 0.6 is 11.3 Å². The fraction of sp³-hybridized carbons (Fsp3) is 0.240. The first kappa shape index (κ1) is 21.2. The molecule has 7 nitrogen and oxygen atoms in total. The number of aryl methyl sites for hydroxylation is 1. The standard InChI is InChI=1S/C25H22N2O5S/c1-4-30-24(29)21-15(3)26-25-27(22(21)16-8-6-5-7-9-16)23(28)20(33-25)12-17-11-19-18(10-14(17)2)31-13-32-19/h5-12,22H,4,13H2,1-3H3/b20-12-/t22-/m1/s1. The summed E-state index contributed by atoms with van der Waals surface area (Å²) in [7, 11) is 0. The topological polar surface area (TPSA) is 79.1 Å². The SMILES string of the molecule is CCOC(=O)C1=C(C)N=c2s/c(=C\c3cc4c(cc3C)OCO4)c(=O)n2[C@@H]1c1ccccc1. The fourth-order valence-corrected chi connectivity index (χ4v) is 5.14. The second-order valence-corrected chi connectivity index (χ2v) is 8.78. The summed E-state index contributed by atoms with van der Waals surface area (Å²) < 4.78 is 18.4. The molecule has 0 radical (unpaired) electrons. The Morgan fingerprint density at radius 3 is 2.67 bits per heavy atom. The number of nitrogens with zero attached hydrogens (tertiary/aromatic N) is 2. The predicted molar refractivity (Wildman–Crippen MR) is 124 cm³/mol. The predicted octanol–water partition coefficient (Wildman–Crippen LogP) is 2.84. The Labute approximate surface area is 193 Å². The molecule has 2 aliphatic rings. The smallest absolute Gasteiger partial charge is 0.338 e. The van der Waals surface area contributed by atoms with Crippen molar-refractivity contribution in [2.24, 2.45) is 4.99 Å². The van der Waals surface area contributed by atoms with E-state index < -0.39 is 12.0 Å². The van der Waals surface area contributed by atoms with Gasteiger partial charge >= 0.3 is 5.97 Å². The summed E-state index contributed by atoms with van der Waals surface area (Å²) in [5.41, 5.74) is 3.37. The molecule has 1 atom stereocenters. The molecule has 1 aromatic heterocycles. The molecule has 0 saturated heterocycles. The maximum atomic E-state index is 13.6. The van der Waals surface area contributed by atoms with Crippen LogP contribution in [-0.4, -0.2) is 23.9 Å². The van der Waals surface area contributed by atoms with Crippen molar-refractivity contribution < 1.29 is 19.0 Å². The summed E-state index contributed by atoms with van der Waals surface area (Å²) in [6, 6.07) is 12.7. The van der Waals surface area contributed by atoms with Crippen molar-refractivity contribution in [3.8, 4) is 11.5 Å². The lowest BCUT2D eigenvalue weighted by atomic mass is 9.96. The first-order valence-electron chi connectivity index (χ1n) is 10.6. The molecule has 0 spiro atoms. The van der Waals surface area contributed by atoms with E-state index in [1.54, 1.807) is 18.4 Å². The molecule has 0 N–H and O–H groups in total. The lowest BCUT2D eigenvalue weighted by molar-refractivity contribution is -0.139. The van der Waals surface area contributed by atoms with Crippen molar-refractivity contribution in [3.63, 3.8) is 0 Å². The molecule has 168 valence electrons. The van der Waals surface area contributed by atoms with Crippen LogP contribution in [0.3, 0.4) is 0 Å². The van der Waals surface area contributed by atoms with E-state index in [-0.39, 0.29) is 19.0 Å². The molecule has 8 heteroatoms. The highest BCUT2D eigenvalue weighted by molar-refractivity contribution is 7.07. The number of ether oxygens (including phenoxy) is 3. The summed E-state index contributed by atoms with van der Waals surface area (Å²) in [4.78, 5) is 31.7. The van der Waals surface area contributed by atoms with Gasteiger partial charge in [0.2, 0.25) is 6.79 Å². The van der Waals surface area contributed by atoms with Crippen LogP contribution in [0, 0.1) is 6.92 Å². The molecular weight excluding hydrogens is 440 g/mol. The van der Waals surface area contributed by atoms with Gasteiger partial charge < -0.3 is 14.2 Å². The van der Waals surface area contributed by atoms with Crippen LogP contribution in [0.2, 0.25) is 0 Å². The normalized spacial score (nSPS) is 17.1. The molecule has 2 aromatic carbocycles. The third-order valence-corrected chi connectivity index (χ3v) is 6.66. The molecule has 2 aliphatic heterocycles. The Morgan fingerprint density at radius 2 is 1.94 bits per heavy atom. The summed E-state index contributed by atoms with van der Waals surface area (Å²) in [5, 5.41) is 0. The van der Waals surface area contributed by atoms with E-state index in [0.717, 1.165) is 16.7 Å². The van der Waals surface area contributed by atoms with Gasteiger partial charge in [-0.2, -0.15) is 0 Å². The number of aromatic nitrogens is 1. The van der Waals surface area contributed by atoms with Crippen molar-refractivity contribution >= 4 is 23.4 Å². The van der Waals surface area contributed by atoms with E-state index in [4.69, 9.17) is 14.2 Å². The summed E-state index contributed by atoms with van der Waals surface area (Å²) in [6.07, 6.45) is 1.84. The highest BCUT2D eigenvalue weighted by Crippen LogP contribution is 2.35. The zero-order chi connectivity index (χ0) is 23.1. The number of hydrogen-bond acceptors (Lipinski definition) is 7. The van der Waals surface area contributed by atoms with Crippen molar-refractivity contribution in [2.45, 2.75) is 26.8 Å². The molecule has 3 heterocycles. The van der Waals surface area contributed by atoms with E-state index in [9.17, 15) is 9.59 Å². The number of hydrogen-bond donors (Lipinski definition) is 0. The molecular formula is C25H22N2O5S. The van der Waals surface area contributed by atoms with E-state index in [1.165, 1.54) is 11.3 Å². The average molecular weight is 463 g/mol. The van der Waals surface area contributed by atoms with Gasteiger partial charge in [-0.25, -0.2) is 9.79 Å². The van der Waals surface area contributed by atoms with Crippen LogP contribution in [0.15, 0.2) is 63.5 Å². The molecule has 3 aromatic rings. The van der Waals surface area contributed by atoms with Crippen molar-refractivity contribution in [1.29, 1.82) is 0 Å². The molecule has 0 amide bonds. The average Bonchev–Trinajstić information content (AvgIpc) is 3.37. The quantitative estimate of drug-likeness (QED) is 0.557. The Balaban J connectivity index is 1.71. The van der Waals surface area contributed by atoms with Crippen molar-refractivity contribution in [3.05, 3.63) is 90.1 Å². The zero-order valence-electron chi connectivity index (χ0n) is 18.5. The van der Waals surface area contributed by atoms with Crippen LogP contribution in [0.4, 0.5) is 0 Å². The maximum absolute atomic E-state index is 13.6. The number of fused-ring (bicyclic) bond motifs is 2. The highest BCUT2D eigenvalue weighted by Gasteiger charge is 2.33. The second kappa shape index (κ2) is 8.37. The van der Waals surface area contributed by atoms with Gasteiger partial charge in [-0.1, -0.05) is 41.7 Å². The van der Waals surface area contributed by atoms with Gasteiger partial charge in [0.15, 0.2) is 16.3 Å². The molecule has 0 unspecified atom stereocenters. The number of esters is 1. The summed E-state index contributed by atoms with van der Waals surface area (Å²) >= 11 is 1.30. The fourth-order valence-electron chi connectivity index (χ4n) is 4.10. The monoisotopic (exact) mass is 462 g/mol. The molecule has 0 aliphatic carbocycles. The molecule has 5 rings (SSSR count). The Morgan fingerprint density at radius 1 is 1.21 bits per heavy atom. The van der Waals surface area contributed by atoms with Crippen LogP contribution in [0.25, 0.3) is 6.08 Å². The lowest BCUT2D eigenvalue weighted by Gasteiger charge is -2.24. The van der Waals surface area contributed by atoms with Gasteiger partial charge in [0, 0.05) is 0 Å². The van der Waals surface area contributed by atoms with E-state index >= 15 is 0 Å². The number of carbonyl (C=O) groups excluding carboxylic acids is 1. The second-order valence-electron chi connectivity index (χ2n) is 7.78. The lowest BCUT2D eigenvalue weighted by Crippen LogP contribution is -2.39. The Kier molecular flexibility index (Phi) is 5.38. The number of allylic oxidation sites excluding steroid dienone is 1. The molecule has 33 heavy (non-hydrogen) atoms. The van der Waals surface area contributed by atoms with Gasteiger partial charge in [0.1, 0.15) is 0 Å². The Hall–Kier alpha value is -3.65. The zero-order valence-corrected chi connectivity index (χ0v) is 19.3. The minimum absolute atomic E-state index is 0.188. The van der Waals surface area contributed by atoms with Crippen molar-refractivity contribution in [1.82, 2.24) is 4.57 Å².